The van der Waals surface area contributed by atoms with Gasteiger partial charge < -0.3 is 14.7 Å². The van der Waals surface area contributed by atoms with Gasteiger partial charge in [-0.1, -0.05) is 69.9 Å². The number of carboxylic acids is 1. The third-order valence-electron chi connectivity index (χ3n) is 5.76. The van der Waals surface area contributed by atoms with Crippen LogP contribution in [0.4, 0.5) is 0 Å². The van der Waals surface area contributed by atoms with Gasteiger partial charge in [-0.2, -0.15) is 0 Å². The zero-order valence-corrected chi connectivity index (χ0v) is 20.4. The Morgan fingerprint density at radius 2 is 1.67 bits per heavy atom. The van der Waals surface area contributed by atoms with Crippen LogP contribution < -0.4 is 4.74 Å². The van der Waals surface area contributed by atoms with Crippen LogP contribution in [0.3, 0.4) is 0 Å². The van der Waals surface area contributed by atoms with Crippen molar-refractivity contribution in [3.05, 3.63) is 53.6 Å². The number of amides is 1. The molecule has 0 bridgehead atoms. The molecule has 2 aromatic rings. The topological polar surface area (TPSA) is 66.8 Å². The van der Waals surface area contributed by atoms with Crippen LogP contribution in [0.15, 0.2) is 42.5 Å². The van der Waals surface area contributed by atoms with Crippen molar-refractivity contribution < 1.29 is 19.4 Å². The van der Waals surface area contributed by atoms with E-state index in [1.165, 1.54) is 0 Å². The highest BCUT2D eigenvalue weighted by Crippen LogP contribution is 2.32. The highest BCUT2D eigenvalue weighted by Gasteiger charge is 2.12. The summed E-state index contributed by atoms with van der Waals surface area (Å²) in [5.74, 6) is 0.164. The molecule has 0 fully saturated rings. The molecule has 2 rings (SSSR count). The molecule has 2 aromatic carbocycles. The maximum Gasteiger partial charge on any atom is 0.303 e. The van der Waals surface area contributed by atoms with E-state index in [1.54, 1.807) is 4.90 Å². The van der Waals surface area contributed by atoms with E-state index in [-0.39, 0.29) is 12.3 Å². The fraction of sp³-hybridized carbons (Fsp3) is 0.500. The highest BCUT2D eigenvalue weighted by molar-refractivity contribution is 5.76. The van der Waals surface area contributed by atoms with Crippen LogP contribution in [0, 0.1) is 0 Å². The van der Waals surface area contributed by atoms with Crippen LogP contribution in [0.25, 0.3) is 11.1 Å². The first kappa shape index (κ1) is 26.4. The molecular formula is C28H39NO4. The Hall–Kier alpha value is -2.82. The molecule has 0 spiro atoms. The number of aliphatic carboxylic acids is 1. The predicted octanol–water partition coefficient (Wildman–Crippen LogP) is 6.48. The summed E-state index contributed by atoms with van der Waals surface area (Å²) >= 11 is 0. The van der Waals surface area contributed by atoms with E-state index in [0.29, 0.717) is 26.0 Å². The number of carbonyl (C=O) groups excluding carboxylic acids is 1. The van der Waals surface area contributed by atoms with Crippen LogP contribution in [-0.4, -0.2) is 35.5 Å². The van der Waals surface area contributed by atoms with E-state index >= 15 is 0 Å². The fourth-order valence-electron chi connectivity index (χ4n) is 3.78. The third-order valence-corrected chi connectivity index (χ3v) is 5.76. The molecule has 0 heterocycles. The first-order valence-corrected chi connectivity index (χ1v) is 12.2. The summed E-state index contributed by atoms with van der Waals surface area (Å²) in [6.45, 7) is 5.51. The second-order valence-electron chi connectivity index (χ2n) is 8.69. The van der Waals surface area contributed by atoms with Gasteiger partial charge in [0.1, 0.15) is 5.75 Å². The minimum absolute atomic E-state index is 0.0999. The molecule has 1 amide bonds. The SMILES string of the molecule is CCCCCOc1cc(CCC(=O)O)ccc1-c1cccc(CN(C)C(=O)CCCCC)c1. The number of carbonyl (C=O) groups is 2. The monoisotopic (exact) mass is 453 g/mol. The normalized spacial score (nSPS) is 10.8. The lowest BCUT2D eigenvalue weighted by atomic mass is 9.99. The quantitative estimate of drug-likeness (QED) is 0.314. The van der Waals surface area contributed by atoms with Gasteiger partial charge in [0, 0.05) is 32.0 Å². The van der Waals surface area contributed by atoms with E-state index < -0.39 is 5.97 Å². The van der Waals surface area contributed by atoms with Gasteiger partial charge in [-0.25, -0.2) is 0 Å². The molecule has 5 nitrogen and oxygen atoms in total. The van der Waals surface area contributed by atoms with Gasteiger partial charge in [0.25, 0.3) is 0 Å². The summed E-state index contributed by atoms with van der Waals surface area (Å²) in [4.78, 5) is 25.2. The second kappa shape index (κ2) is 14.4. The Labute approximate surface area is 198 Å². The summed E-state index contributed by atoms with van der Waals surface area (Å²) in [6.07, 6.45) is 7.53. The summed E-state index contributed by atoms with van der Waals surface area (Å²) in [5.41, 5.74) is 4.06. The molecule has 0 saturated carbocycles. The molecule has 180 valence electrons. The maximum atomic E-state index is 12.4. The van der Waals surface area contributed by atoms with Crippen molar-refractivity contribution in [3.8, 4) is 16.9 Å². The van der Waals surface area contributed by atoms with E-state index in [1.807, 2.05) is 37.4 Å². The summed E-state index contributed by atoms with van der Waals surface area (Å²) < 4.78 is 6.14. The molecule has 0 aliphatic carbocycles. The van der Waals surface area contributed by atoms with Crippen molar-refractivity contribution in [3.63, 3.8) is 0 Å². The number of aryl methyl sites for hydroxylation is 1. The standard InChI is InChI=1S/C28H39NO4/c1-4-6-8-13-27(30)29(3)21-23-11-10-12-24(19-23)25-16-14-22(15-17-28(31)32)20-26(25)33-18-9-7-5-2/h10-12,14,16,19-20H,4-9,13,15,17-18,21H2,1-3H3,(H,31,32). The summed E-state index contributed by atoms with van der Waals surface area (Å²) in [5, 5.41) is 9.02. The van der Waals surface area contributed by atoms with Crippen LogP contribution in [0.5, 0.6) is 5.75 Å². The minimum Gasteiger partial charge on any atom is -0.493 e. The molecule has 0 aliphatic heterocycles. The Bertz CT molecular complexity index is 893. The number of rotatable bonds is 15. The zero-order chi connectivity index (χ0) is 24.1. The van der Waals surface area contributed by atoms with Gasteiger partial charge in [0.15, 0.2) is 0 Å². The molecule has 33 heavy (non-hydrogen) atoms. The van der Waals surface area contributed by atoms with Crippen molar-refractivity contribution in [1.29, 1.82) is 0 Å². The van der Waals surface area contributed by atoms with Crippen LogP contribution in [-0.2, 0) is 22.6 Å². The van der Waals surface area contributed by atoms with E-state index in [2.05, 4.69) is 26.0 Å². The van der Waals surface area contributed by atoms with Gasteiger partial charge >= 0.3 is 5.97 Å². The summed E-state index contributed by atoms with van der Waals surface area (Å²) in [7, 11) is 1.86. The molecular weight excluding hydrogens is 414 g/mol. The van der Waals surface area contributed by atoms with Crippen LogP contribution in [0.1, 0.15) is 76.3 Å². The lowest BCUT2D eigenvalue weighted by Gasteiger charge is -2.18. The Kier molecular flexibility index (Phi) is 11.5. The zero-order valence-electron chi connectivity index (χ0n) is 20.4. The number of hydrogen-bond acceptors (Lipinski definition) is 3. The Morgan fingerprint density at radius 1 is 0.909 bits per heavy atom. The van der Waals surface area contributed by atoms with Gasteiger partial charge in [-0.3, -0.25) is 9.59 Å². The van der Waals surface area contributed by atoms with Gasteiger partial charge in [-0.05, 0) is 48.1 Å². The van der Waals surface area contributed by atoms with E-state index in [4.69, 9.17) is 9.84 Å². The van der Waals surface area contributed by atoms with Gasteiger partial charge in [0.2, 0.25) is 5.91 Å². The Morgan fingerprint density at radius 3 is 2.39 bits per heavy atom. The number of nitrogens with zero attached hydrogens (tertiary/aromatic N) is 1. The smallest absolute Gasteiger partial charge is 0.303 e. The van der Waals surface area contributed by atoms with Gasteiger partial charge in [0.05, 0.1) is 6.61 Å². The lowest BCUT2D eigenvalue weighted by molar-refractivity contribution is -0.137. The molecule has 0 atom stereocenters. The van der Waals surface area contributed by atoms with Crippen LogP contribution >= 0.6 is 0 Å². The molecule has 0 saturated heterocycles. The molecule has 1 N–H and O–H groups in total. The lowest BCUT2D eigenvalue weighted by Crippen LogP contribution is -2.25. The molecule has 0 aromatic heterocycles. The predicted molar refractivity (Wildman–Crippen MR) is 133 cm³/mol. The van der Waals surface area contributed by atoms with Crippen molar-refractivity contribution in [1.82, 2.24) is 4.90 Å². The fourth-order valence-corrected chi connectivity index (χ4v) is 3.78. The Balaban J connectivity index is 2.19. The number of benzene rings is 2. The molecule has 0 radical (unpaired) electrons. The molecule has 0 aliphatic rings. The first-order chi connectivity index (χ1) is 15.9. The first-order valence-electron chi connectivity index (χ1n) is 12.2. The van der Waals surface area contributed by atoms with Crippen molar-refractivity contribution in [2.45, 2.75) is 78.2 Å². The van der Waals surface area contributed by atoms with E-state index in [0.717, 1.165) is 66.5 Å². The average Bonchev–Trinajstić information content (AvgIpc) is 2.80. The largest absolute Gasteiger partial charge is 0.493 e. The molecule has 0 unspecified atom stereocenters. The third kappa shape index (κ3) is 9.29. The van der Waals surface area contributed by atoms with E-state index in [9.17, 15) is 9.59 Å². The highest BCUT2D eigenvalue weighted by atomic mass is 16.5. The average molecular weight is 454 g/mol. The molecule has 5 heteroatoms. The van der Waals surface area contributed by atoms with Crippen molar-refractivity contribution in [2.24, 2.45) is 0 Å². The van der Waals surface area contributed by atoms with Crippen LogP contribution in [0.2, 0.25) is 0 Å². The minimum atomic E-state index is -0.800. The number of carboxylic acid groups (broad SMARTS) is 1. The van der Waals surface area contributed by atoms with Gasteiger partial charge in [-0.15, -0.1) is 0 Å². The number of hydrogen-bond donors (Lipinski definition) is 1. The number of unbranched alkanes of at least 4 members (excludes halogenated alkanes) is 4. The van der Waals surface area contributed by atoms with Crippen molar-refractivity contribution in [2.75, 3.05) is 13.7 Å². The second-order valence-corrected chi connectivity index (χ2v) is 8.69. The summed E-state index contributed by atoms with van der Waals surface area (Å²) in [6, 6.07) is 14.2. The van der Waals surface area contributed by atoms with Crippen molar-refractivity contribution >= 4 is 11.9 Å². The maximum absolute atomic E-state index is 12.4. The number of ether oxygens (including phenoxy) is 1.